The summed E-state index contributed by atoms with van der Waals surface area (Å²) in [6.07, 6.45) is 3.30. The van der Waals surface area contributed by atoms with Crippen LogP contribution < -0.4 is 5.32 Å². The van der Waals surface area contributed by atoms with Gasteiger partial charge in [0.25, 0.3) is 0 Å². The zero-order valence-corrected chi connectivity index (χ0v) is 12.8. The molecule has 0 saturated heterocycles. The molecule has 0 amide bonds. The van der Waals surface area contributed by atoms with E-state index >= 15 is 0 Å². The molecule has 0 bridgehead atoms. The predicted octanol–water partition coefficient (Wildman–Crippen LogP) is 5.01. The third kappa shape index (κ3) is 2.90. The highest BCUT2D eigenvalue weighted by Gasteiger charge is 2.22. The summed E-state index contributed by atoms with van der Waals surface area (Å²) >= 11 is 0. The molecule has 0 spiro atoms. The molecule has 2 aromatic rings. The van der Waals surface area contributed by atoms with Gasteiger partial charge in [0.1, 0.15) is 5.75 Å². The lowest BCUT2D eigenvalue weighted by Gasteiger charge is -2.17. The number of anilines is 1. The van der Waals surface area contributed by atoms with Gasteiger partial charge >= 0.3 is 0 Å². The average molecular weight is 281 g/mol. The van der Waals surface area contributed by atoms with Crippen LogP contribution in [0.25, 0.3) is 0 Å². The van der Waals surface area contributed by atoms with Gasteiger partial charge in [-0.3, -0.25) is 0 Å². The topological polar surface area (TPSA) is 32.3 Å². The monoisotopic (exact) mass is 281 g/mol. The van der Waals surface area contributed by atoms with Crippen molar-refractivity contribution >= 4 is 5.69 Å². The second-order valence-electron chi connectivity index (χ2n) is 6.05. The smallest absolute Gasteiger partial charge is 0.115 e. The van der Waals surface area contributed by atoms with E-state index in [-0.39, 0.29) is 0 Å². The van der Waals surface area contributed by atoms with E-state index in [2.05, 4.69) is 43.4 Å². The summed E-state index contributed by atoms with van der Waals surface area (Å²) < 4.78 is 0. The third-order valence-corrected chi connectivity index (χ3v) is 4.64. The van der Waals surface area contributed by atoms with Crippen molar-refractivity contribution in [2.24, 2.45) is 0 Å². The maximum absolute atomic E-state index is 9.56. The molecule has 1 aliphatic rings. The Morgan fingerprint density at radius 2 is 1.95 bits per heavy atom. The van der Waals surface area contributed by atoms with Gasteiger partial charge in [-0.05, 0) is 66.1 Å². The van der Waals surface area contributed by atoms with Crippen molar-refractivity contribution in [2.75, 3.05) is 5.32 Å². The van der Waals surface area contributed by atoms with Gasteiger partial charge in [0.05, 0.1) is 6.04 Å². The third-order valence-electron chi connectivity index (χ3n) is 4.64. The van der Waals surface area contributed by atoms with E-state index in [1.54, 1.807) is 6.07 Å². The first-order chi connectivity index (χ1) is 10.2. The highest BCUT2D eigenvalue weighted by molar-refractivity contribution is 5.50. The summed E-state index contributed by atoms with van der Waals surface area (Å²) in [6.45, 7) is 4.49. The van der Waals surface area contributed by atoms with Gasteiger partial charge in [0.2, 0.25) is 0 Å². The summed E-state index contributed by atoms with van der Waals surface area (Å²) in [7, 11) is 0. The Hall–Kier alpha value is -1.96. The Morgan fingerprint density at radius 1 is 1.19 bits per heavy atom. The summed E-state index contributed by atoms with van der Waals surface area (Å²) in [5.74, 6) is 0.988. The molecule has 21 heavy (non-hydrogen) atoms. The Bertz CT molecular complexity index is 618. The second-order valence-corrected chi connectivity index (χ2v) is 6.05. The van der Waals surface area contributed by atoms with Crippen molar-refractivity contribution in [3.8, 4) is 5.75 Å². The molecule has 2 heteroatoms. The fourth-order valence-electron chi connectivity index (χ4n) is 3.10. The number of aromatic hydroxyl groups is 1. The van der Waals surface area contributed by atoms with Crippen LogP contribution in [0.4, 0.5) is 5.69 Å². The number of aryl methyl sites for hydroxylation is 1. The van der Waals surface area contributed by atoms with E-state index in [0.29, 0.717) is 17.7 Å². The van der Waals surface area contributed by atoms with Crippen LogP contribution in [0.15, 0.2) is 42.5 Å². The van der Waals surface area contributed by atoms with Crippen LogP contribution in [0.5, 0.6) is 5.75 Å². The molecular weight excluding hydrogens is 258 g/mol. The standard InChI is InChI=1S/C19H23NO/c1-3-13(2)14-4-7-16(8-5-14)20-19-11-6-15-12-17(21)9-10-18(15)19/h4-5,7-10,12-13,19-21H,3,6,11H2,1-2H3. The average Bonchev–Trinajstić information content (AvgIpc) is 2.89. The molecule has 2 nitrogen and oxygen atoms in total. The fourth-order valence-corrected chi connectivity index (χ4v) is 3.10. The minimum atomic E-state index is 0.357. The molecule has 1 aliphatic carbocycles. The van der Waals surface area contributed by atoms with Crippen molar-refractivity contribution < 1.29 is 5.11 Å². The number of nitrogens with one attached hydrogen (secondary N) is 1. The van der Waals surface area contributed by atoms with E-state index in [9.17, 15) is 5.11 Å². The molecule has 2 unspecified atom stereocenters. The van der Waals surface area contributed by atoms with Gasteiger partial charge in [0, 0.05) is 5.69 Å². The SMILES string of the molecule is CCC(C)c1ccc(NC2CCc3cc(O)ccc32)cc1. The van der Waals surface area contributed by atoms with Crippen molar-refractivity contribution in [2.45, 2.75) is 45.1 Å². The second kappa shape index (κ2) is 5.80. The molecule has 0 aliphatic heterocycles. The zero-order valence-electron chi connectivity index (χ0n) is 12.8. The van der Waals surface area contributed by atoms with Crippen molar-refractivity contribution in [1.29, 1.82) is 0 Å². The van der Waals surface area contributed by atoms with Crippen LogP contribution in [0.1, 0.15) is 55.3 Å². The first-order valence-electron chi connectivity index (χ1n) is 7.85. The minimum Gasteiger partial charge on any atom is -0.508 e. The number of hydrogen-bond donors (Lipinski definition) is 2. The number of rotatable bonds is 4. The summed E-state index contributed by atoms with van der Waals surface area (Å²) in [5, 5.41) is 13.2. The lowest BCUT2D eigenvalue weighted by Crippen LogP contribution is -2.07. The molecule has 3 rings (SSSR count). The maximum atomic E-state index is 9.56. The van der Waals surface area contributed by atoms with E-state index in [0.717, 1.165) is 12.8 Å². The summed E-state index contributed by atoms with van der Waals surface area (Å²) in [5.41, 5.74) is 5.16. The van der Waals surface area contributed by atoms with E-state index < -0.39 is 0 Å². The quantitative estimate of drug-likeness (QED) is 0.826. The Balaban J connectivity index is 1.74. The van der Waals surface area contributed by atoms with E-state index in [4.69, 9.17) is 0 Å². The van der Waals surface area contributed by atoms with E-state index in [1.165, 1.54) is 28.8 Å². The Labute approximate surface area is 126 Å². The van der Waals surface area contributed by atoms with Gasteiger partial charge in [-0.25, -0.2) is 0 Å². The molecule has 2 atom stereocenters. The lowest BCUT2D eigenvalue weighted by molar-refractivity contribution is 0.474. The van der Waals surface area contributed by atoms with Gasteiger partial charge in [0.15, 0.2) is 0 Å². The normalized spacial score (nSPS) is 18.3. The van der Waals surface area contributed by atoms with Gasteiger partial charge in [-0.15, -0.1) is 0 Å². The molecule has 0 saturated carbocycles. The van der Waals surface area contributed by atoms with Crippen molar-refractivity contribution in [3.05, 3.63) is 59.2 Å². The lowest BCUT2D eigenvalue weighted by atomic mass is 9.98. The number of benzene rings is 2. The zero-order chi connectivity index (χ0) is 14.8. The van der Waals surface area contributed by atoms with Crippen LogP contribution in [-0.2, 0) is 6.42 Å². The molecule has 110 valence electrons. The Kier molecular flexibility index (Phi) is 3.87. The Morgan fingerprint density at radius 3 is 2.67 bits per heavy atom. The first kappa shape index (κ1) is 14.0. The number of hydrogen-bond acceptors (Lipinski definition) is 2. The van der Waals surface area contributed by atoms with Gasteiger partial charge < -0.3 is 10.4 Å². The predicted molar refractivity (Wildman–Crippen MR) is 87.9 cm³/mol. The molecular formula is C19H23NO. The highest BCUT2D eigenvalue weighted by atomic mass is 16.3. The molecule has 2 aromatic carbocycles. The van der Waals surface area contributed by atoms with E-state index in [1.807, 2.05) is 12.1 Å². The fraction of sp³-hybridized carbons (Fsp3) is 0.368. The van der Waals surface area contributed by atoms with Crippen molar-refractivity contribution in [3.63, 3.8) is 0 Å². The number of phenols is 1. The molecule has 0 heterocycles. The summed E-state index contributed by atoms with van der Waals surface area (Å²) in [4.78, 5) is 0. The van der Waals surface area contributed by atoms with Crippen LogP contribution in [-0.4, -0.2) is 5.11 Å². The largest absolute Gasteiger partial charge is 0.508 e. The van der Waals surface area contributed by atoms with Gasteiger partial charge in [-0.1, -0.05) is 32.0 Å². The molecule has 0 aromatic heterocycles. The number of phenolic OH excluding ortho intramolecular Hbond substituents is 1. The van der Waals surface area contributed by atoms with Crippen LogP contribution in [0.3, 0.4) is 0 Å². The highest BCUT2D eigenvalue weighted by Crippen LogP contribution is 2.35. The minimum absolute atomic E-state index is 0.357. The molecule has 2 N–H and O–H groups in total. The maximum Gasteiger partial charge on any atom is 0.115 e. The van der Waals surface area contributed by atoms with Crippen LogP contribution >= 0.6 is 0 Å². The summed E-state index contributed by atoms with van der Waals surface area (Å²) in [6, 6.07) is 14.9. The van der Waals surface area contributed by atoms with Crippen molar-refractivity contribution in [1.82, 2.24) is 0 Å². The first-order valence-corrected chi connectivity index (χ1v) is 7.85. The van der Waals surface area contributed by atoms with Crippen LogP contribution in [0, 0.1) is 0 Å². The van der Waals surface area contributed by atoms with Crippen LogP contribution in [0.2, 0.25) is 0 Å². The van der Waals surface area contributed by atoms with Gasteiger partial charge in [-0.2, -0.15) is 0 Å². The molecule has 0 radical (unpaired) electrons. The molecule has 0 fully saturated rings. The number of fused-ring (bicyclic) bond motifs is 1.